The summed E-state index contributed by atoms with van der Waals surface area (Å²) in [6.45, 7) is 4.57. The molecule has 1 aromatic heterocycles. The average molecular weight is 275 g/mol. The number of nitrogens with two attached hydrogens (primary N) is 1. The maximum absolute atomic E-state index is 9.61. The van der Waals surface area contributed by atoms with Crippen LogP contribution in [0, 0.1) is 5.92 Å². The Kier molecular flexibility index (Phi) is 3.63. The van der Waals surface area contributed by atoms with Gasteiger partial charge >= 0.3 is 0 Å². The van der Waals surface area contributed by atoms with Crippen LogP contribution in [0.5, 0.6) is 0 Å². The van der Waals surface area contributed by atoms with Crippen molar-refractivity contribution in [2.24, 2.45) is 5.92 Å². The molecule has 3 N–H and O–H groups in total. The molecular weight excluding hydrogens is 254 g/mol. The number of oxazole rings is 1. The number of rotatable bonds is 3. The normalized spacial score (nSPS) is 19.5. The van der Waals surface area contributed by atoms with Crippen LogP contribution in [0.15, 0.2) is 22.6 Å². The van der Waals surface area contributed by atoms with E-state index in [2.05, 4.69) is 9.88 Å². The Labute approximate surface area is 118 Å². The van der Waals surface area contributed by atoms with Gasteiger partial charge in [0.25, 0.3) is 0 Å². The van der Waals surface area contributed by atoms with Gasteiger partial charge in [-0.1, -0.05) is 0 Å². The predicted molar refractivity (Wildman–Crippen MR) is 78.1 cm³/mol. The molecule has 1 aromatic carbocycles. The quantitative estimate of drug-likeness (QED) is 0.838. The molecule has 1 atom stereocenters. The minimum absolute atomic E-state index is 0.204. The van der Waals surface area contributed by atoms with Gasteiger partial charge in [-0.15, -0.1) is 0 Å². The van der Waals surface area contributed by atoms with E-state index >= 15 is 0 Å². The van der Waals surface area contributed by atoms with Gasteiger partial charge in [-0.25, -0.2) is 4.98 Å². The van der Waals surface area contributed by atoms with Gasteiger partial charge < -0.3 is 15.3 Å². The Morgan fingerprint density at radius 2 is 2.20 bits per heavy atom. The van der Waals surface area contributed by atoms with Gasteiger partial charge in [0.1, 0.15) is 5.52 Å². The molecule has 0 amide bonds. The molecule has 0 saturated carbocycles. The molecule has 5 heteroatoms. The van der Waals surface area contributed by atoms with Gasteiger partial charge in [0.2, 0.25) is 5.89 Å². The molecule has 2 heterocycles. The third-order valence-corrected chi connectivity index (χ3v) is 4.13. The van der Waals surface area contributed by atoms with E-state index in [4.69, 9.17) is 10.2 Å². The topological polar surface area (TPSA) is 75.5 Å². The minimum Gasteiger partial charge on any atom is -0.439 e. The Morgan fingerprint density at radius 3 is 2.90 bits per heavy atom. The molecule has 1 aliphatic rings. The van der Waals surface area contributed by atoms with E-state index in [1.54, 1.807) is 0 Å². The van der Waals surface area contributed by atoms with Gasteiger partial charge in [-0.2, -0.15) is 0 Å². The molecule has 1 aliphatic heterocycles. The number of aliphatic hydroxyl groups is 1. The zero-order valence-corrected chi connectivity index (χ0v) is 11.7. The van der Waals surface area contributed by atoms with E-state index in [9.17, 15) is 5.11 Å². The fourth-order valence-corrected chi connectivity index (χ4v) is 2.84. The predicted octanol–water partition coefficient (Wildman–Crippen LogP) is 2.00. The standard InChI is InChI=1S/C15H21N3O2/c1-10(19)11-4-6-18(7-5-11)9-15-17-13-3-2-12(16)8-14(13)20-15/h2-3,8,10-11,19H,4-7,9,16H2,1H3. The molecule has 20 heavy (non-hydrogen) atoms. The van der Waals surface area contributed by atoms with Crippen molar-refractivity contribution >= 4 is 16.8 Å². The highest BCUT2D eigenvalue weighted by Crippen LogP contribution is 2.23. The highest BCUT2D eigenvalue weighted by atomic mass is 16.3. The van der Waals surface area contributed by atoms with Crippen LogP contribution in [0.4, 0.5) is 5.69 Å². The first-order valence-electron chi connectivity index (χ1n) is 7.17. The lowest BCUT2D eigenvalue weighted by molar-refractivity contribution is 0.0669. The van der Waals surface area contributed by atoms with Gasteiger partial charge in [-0.3, -0.25) is 4.90 Å². The number of likely N-dealkylation sites (tertiary alicyclic amines) is 1. The SMILES string of the molecule is CC(O)C1CCN(Cc2nc3ccc(N)cc3o2)CC1. The minimum atomic E-state index is -0.204. The summed E-state index contributed by atoms with van der Waals surface area (Å²) < 4.78 is 5.74. The molecule has 1 fully saturated rings. The molecule has 1 saturated heterocycles. The fourth-order valence-electron chi connectivity index (χ4n) is 2.84. The van der Waals surface area contributed by atoms with E-state index < -0.39 is 0 Å². The molecule has 0 radical (unpaired) electrons. The number of piperidine rings is 1. The summed E-state index contributed by atoms with van der Waals surface area (Å²) in [5.74, 6) is 1.16. The average Bonchev–Trinajstić information content (AvgIpc) is 2.80. The molecule has 0 bridgehead atoms. The van der Waals surface area contributed by atoms with E-state index in [0.717, 1.165) is 49.5 Å². The Balaban J connectivity index is 1.65. The van der Waals surface area contributed by atoms with E-state index in [1.165, 1.54) is 0 Å². The number of fused-ring (bicyclic) bond motifs is 1. The van der Waals surface area contributed by atoms with Crippen LogP contribution in [-0.4, -0.2) is 34.2 Å². The second kappa shape index (κ2) is 5.42. The summed E-state index contributed by atoms with van der Waals surface area (Å²) in [4.78, 5) is 6.82. The largest absolute Gasteiger partial charge is 0.439 e. The summed E-state index contributed by atoms with van der Waals surface area (Å²) >= 11 is 0. The van der Waals surface area contributed by atoms with E-state index in [1.807, 2.05) is 25.1 Å². The first-order valence-corrected chi connectivity index (χ1v) is 7.17. The fraction of sp³-hybridized carbons (Fsp3) is 0.533. The third kappa shape index (κ3) is 2.78. The number of hydrogen-bond donors (Lipinski definition) is 2. The molecule has 108 valence electrons. The third-order valence-electron chi connectivity index (χ3n) is 4.13. The zero-order chi connectivity index (χ0) is 14.1. The van der Waals surface area contributed by atoms with Crippen LogP contribution >= 0.6 is 0 Å². The summed E-state index contributed by atoms with van der Waals surface area (Å²) in [6.07, 6.45) is 1.86. The number of nitrogen functional groups attached to an aromatic ring is 1. The second-order valence-electron chi connectivity index (χ2n) is 5.69. The molecule has 5 nitrogen and oxygen atoms in total. The molecule has 1 unspecified atom stereocenters. The van der Waals surface area contributed by atoms with Crippen molar-refractivity contribution in [3.8, 4) is 0 Å². The number of aromatic nitrogens is 1. The Bertz CT molecular complexity index is 586. The Morgan fingerprint density at radius 1 is 1.45 bits per heavy atom. The van der Waals surface area contributed by atoms with Crippen molar-refractivity contribution in [3.05, 3.63) is 24.1 Å². The van der Waals surface area contributed by atoms with Crippen molar-refractivity contribution in [2.45, 2.75) is 32.4 Å². The van der Waals surface area contributed by atoms with E-state index in [-0.39, 0.29) is 6.10 Å². The van der Waals surface area contributed by atoms with Gasteiger partial charge in [0.05, 0.1) is 12.6 Å². The summed E-state index contributed by atoms with van der Waals surface area (Å²) in [5, 5.41) is 9.61. The van der Waals surface area contributed by atoms with Crippen LogP contribution in [-0.2, 0) is 6.54 Å². The van der Waals surface area contributed by atoms with Gasteiger partial charge in [-0.05, 0) is 50.9 Å². The monoisotopic (exact) mass is 275 g/mol. The first-order chi connectivity index (χ1) is 9.61. The highest BCUT2D eigenvalue weighted by Gasteiger charge is 2.23. The number of anilines is 1. The highest BCUT2D eigenvalue weighted by molar-refractivity contribution is 5.76. The smallest absolute Gasteiger partial charge is 0.209 e. The number of aliphatic hydroxyl groups excluding tert-OH is 1. The number of nitrogens with zero attached hydrogens (tertiary/aromatic N) is 2. The summed E-state index contributed by atoms with van der Waals surface area (Å²) in [7, 11) is 0. The van der Waals surface area contributed by atoms with Crippen LogP contribution in [0.2, 0.25) is 0 Å². The lowest BCUT2D eigenvalue weighted by Crippen LogP contribution is -2.36. The van der Waals surface area contributed by atoms with Gasteiger partial charge in [0, 0.05) is 11.8 Å². The van der Waals surface area contributed by atoms with Crippen LogP contribution in [0.1, 0.15) is 25.7 Å². The summed E-state index contributed by atoms with van der Waals surface area (Å²) in [5.41, 5.74) is 8.04. The molecule has 3 rings (SSSR count). The summed E-state index contributed by atoms with van der Waals surface area (Å²) in [6, 6.07) is 5.53. The van der Waals surface area contributed by atoms with Crippen LogP contribution in [0.3, 0.4) is 0 Å². The van der Waals surface area contributed by atoms with Crippen LogP contribution < -0.4 is 5.73 Å². The lowest BCUT2D eigenvalue weighted by Gasteiger charge is -2.32. The van der Waals surface area contributed by atoms with Crippen molar-refractivity contribution in [2.75, 3.05) is 18.8 Å². The lowest BCUT2D eigenvalue weighted by atomic mass is 9.92. The van der Waals surface area contributed by atoms with E-state index in [0.29, 0.717) is 11.6 Å². The van der Waals surface area contributed by atoms with Crippen molar-refractivity contribution in [1.29, 1.82) is 0 Å². The molecule has 0 spiro atoms. The second-order valence-corrected chi connectivity index (χ2v) is 5.69. The zero-order valence-electron chi connectivity index (χ0n) is 11.7. The van der Waals surface area contributed by atoms with Crippen molar-refractivity contribution in [1.82, 2.24) is 9.88 Å². The maximum atomic E-state index is 9.61. The molecular formula is C15H21N3O2. The number of hydrogen-bond acceptors (Lipinski definition) is 5. The van der Waals surface area contributed by atoms with Crippen molar-refractivity contribution < 1.29 is 9.52 Å². The van der Waals surface area contributed by atoms with Gasteiger partial charge in [0.15, 0.2) is 5.58 Å². The molecule has 0 aliphatic carbocycles. The molecule has 2 aromatic rings. The van der Waals surface area contributed by atoms with Crippen molar-refractivity contribution in [3.63, 3.8) is 0 Å². The Hall–Kier alpha value is -1.59. The first kappa shape index (κ1) is 13.4. The maximum Gasteiger partial charge on any atom is 0.209 e. The number of benzene rings is 1. The van der Waals surface area contributed by atoms with Crippen LogP contribution in [0.25, 0.3) is 11.1 Å².